The quantitative estimate of drug-likeness (QED) is 0.618. The van der Waals surface area contributed by atoms with Crippen molar-refractivity contribution in [3.8, 4) is 5.75 Å². The second kappa shape index (κ2) is 10.9. The molecular weight excluding hydrogens is 373 g/mol. The molecule has 0 saturated carbocycles. The Morgan fingerprint density at radius 2 is 1.79 bits per heavy atom. The molecule has 1 aliphatic rings. The van der Waals surface area contributed by atoms with Crippen molar-refractivity contribution < 1.29 is 28.3 Å². The van der Waals surface area contributed by atoms with Gasteiger partial charge in [0.25, 0.3) is 0 Å². The first-order valence-electron chi connectivity index (χ1n) is 10.1. The number of carbonyl (C=O) groups is 1. The summed E-state index contributed by atoms with van der Waals surface area (Å²) in [6.45, 7) is 8.09. The van der Waals surface area contributed by atoms with Crippen molar-refractivity contribution in [3.63, 3.8) is 0 Å². The average Bonchev–Trinajstić information content (AvgIpc) is 2.67. The largest absolute Gasteiger partial charge is 0.493 e. The van der Waals surface area contributed by atoms with Gasteiger partial charge in [-0.25, -0.2) is 4.79 Å². The van der Waals surface area contributed by atoms with Crippen molar-refractivity contribution in [2.24, 2.45) is 5.92 Å². The number of benzene rings is 1. The number of amides is 1. The second-order valence-electron chi connectivity index (χ2n) is 8.33. The Kier molecular flexibility index (Phi) is 8.80. The smallest absolute Gasteiger partial charge is 0.493 e. The fourth-order valence-corrected chi connectivity index (χ4v) is 3.34. The van der Waals surface area contributed by atoms with Gasteiger partial charge in [0.05, 0.1) is 13.2 Å². The third kappa shape index (κ3) is 7.21. The fourth-order valence-electron chi connectivity index (χ4n) is 3.34. The van der Waals surface area contributed by atoms with E-state index in [-0.39, 0.29) is 6.09 Å². The van der Waals surface area contributed by atoms with E-state index in [0.717, 1.165) is 29.6 Å². The third-order valence-electron chi connectivity index (χ3n) is 4.83. The molecule has 0 atom stereocenters. The van der Waals surface area contributed by atoms with Crippen LogP contribution in [0.25, 0.3) is 0 Å². The summed E-state index contributed by atoms with van der Waals surface area (Å²) in [5.74, 6) is 1.20. The molecule has 0 unspecified atom stereocenters. The van der Waals surface area contributed by atoms with Crippen molar-refractivity contribution in [3.05, 3.63) is 23.8 Å². The molecule has 0 aliphatic carbocycles. The van der Waals surface area contributed by atoms with E-state index in [1.165, 1.54) is 0 Å². The summed E-state index contributed by atoms with van der Waals surface area (Å²) in [7, 11) is 4.46. The van der Waals surface area contributed by atoms with Gasteiger partial charge in [-0.3, -0.25) is 0 Å². The summed E-state index contributed by atoms with van der Waals surface area (Å²) in [6.07, 6.45) is 1.55. The minimum atomic E-state index is -0.467. The first kappa shape index (κ1) is 23.5. The number of hydrogen-bond acceptors (Lipinski definition) is 6. The molecule has 8 heteroatoms. The lowest BCUT2D eigenvalue weighted by molar-refractivity contribution is 0.0164. The van der Waals surface area contributed by atoms with Crippen LogP contribution < -0.4 is 10.2 Å². The second-order valence-corrected chi connectivity index (χ2v) is 8.33. The van der Waals surface area contributed by atoms with Crippen LogP contribution >= 0.6 is 0 Å². The highest BCUT2D eigenvalue weighted by Crippen LogP contribution is 2.23. The van der Waals surface area contributed by atoms with Gasteiger partial charge in [-0.05, 0) is 51.1 Å². The Hall–Kier alpha value is -1.77. The SMILES string of the molecule is COCc1cc(B(OC)OC)ccc1OCC1CCN(C(=O)OC(C)(C)C)CC1. The number of rotatable bonds is 8. The fraction of sp³-hybridized carbons (Fsp3) is 0.667. The van der Waals surface area contributed by atoms with E-state index in [4.69, 9.17) is 23.5 Å². The Morgan fingerprint density at radius 1 is 1.14 bits per heavy atom. The molecule has 1 fully saturated rings. The van der Waals surface area contributed by atoms with Crippen molar-refractivity contribution in [2.45, 2.75) is 45.8 Å². The lowest BCUT2D eigenvalue weighted by atomic mass is 9.78. The molecule has 0 aromatic heterocycles. The van der Waals surface area contributed by atoms with Gasteiger partial charge in [0.2, 0.25) is 0 Å². The van der Waals surface area contributed by atoms with Gasteiger partial charge in [0, 0.05) is 40.0 Å². The summed E-state index contributed by atoms with van der Waals surface area (Å²) in [6, 6.07) is 5.86. The molecule has 7 nitrogen and oxygen atoms in total. The molecule has 0 N–H and O–H groups in total. The number of methoxy groups -OCH3 is 1. The molecule has 1 saturated heterocycles. The molecule has 1 aromatic carbocycles. The number of carbonyl (C=O) groups excluding carboxylic acids is 1. The summed E-state index contributed by atoms with van der Waals surface area (Å²) >= 11 is 0. The van der Waals surface area contributed by atoms with Crippen molar-refractivity contribution in [2.75, 3.05) is 41.0 Å². The molecule has 29 heavy (non-hydrogen) atoms. The van der Waals surface area contributed by atoms with E-state index >= 15 is 0 Å². The maximum Gasteiger partial charge on any atom is 0.493 e. The number of hydrogen-bond donors (Lipinski definition) is 0. The predicted molar refractivity (Wildman–Crippen MR) is 113 cm³/mol. The summed E-state index contributed by atoms with van der Waals surface area (Å²) in [5, 5.41) is 0. The first-order valence-corrected chi connectivity index (χ1v) is 10.1. The van der Waals surface area contributed by atoms with Crippen LogP contribution in [-0.4, -0.2) is 64.7 Å². The predicted octanol–water partition coefficient (Wildman–Crippen LogP) is 2.85. The van der Waals surface area contributed by atoms with Gasteiger partial charge >= 0.3 is 13.2 Å². The first-order chi connectivity index (χ1) is 13.8. The van der Waals surface area contributed by atoms with E-state index in [1.807, 2.05) is 39.0 Å². The van der Waals surface area contributed by atoms with Crippen LogP contribution in [0.15, 0.2) is 18.2 Å². The molecule has 1 aliphatic heterocycles. The molecule has 1 heterocycles. The van der Waals surface area contributed by atoms with Crippen LogP contribution in [0.5, 0.6) is 5.75 Å². The van der Waals surface area contributed by atoms with E-state index in [2.05, 4.69) is 0 Å². The van der Waals surface area contributed by atoms with Gasteiger partial charge < -0.3 is 28.4 Å². The Balaban J connectivity index is 1.91. The zero-order valence-corrected chi connectivity index (χ0v) is 18.5. The van der Waals surface area contributed by atoms with Crippen LogP contribution in [0.2, 0.25) is 0 Å². The molecule has 2 rings (SSSR count). The minimum absolute atomic E-state index is 0.235. The van der Waals surface area contributed by atoms with Crippen LogP contribution in [0.1, 0.15) is 39.2 Å². The summed E-state index contributed by atoms with van der Waals surface area (Å²) in [5.41, 5.74) is 1.40. The van der Waals surface area contributed by atoms with Crippen LogP contribution in [0.4, 0.5) is 4.79 Å². The number of piperidine rings is 1. The number of nitrogens with zero attached hydrogens (tertiary/aromatic N) is 1. The maximum absolute atomic E-state index is 12.2. The van der Waals surface area contributed by atoms with Crippen LogP contribution in [-0.2, 0) is 25.4 Å². The Labute approximate surface area is 174 Å². The van der Waals surface area contributed by atoms with Gasteiger partial charge in [0.1, 0.15) is 11.4 Å². The molecule has 0 radical (unpaired) electrons. The van der Waals surface area contributed by atoms with Crippen LogP contribution in [0, 0.1) is 5.92 Å². The topological polar surface area (TPSA) is 66.5 Å². The lowest BCUT2D eigenvalue weighted by Gasteiger charge is -2.33. The van der Waals surface area contributed by atoms with E-state index in [9.17, 15) is 4.79 Å². The van der Waals surface area contributed by atoms with Crippen molar-refractivity contribution in [1.29, 1.82) is 0 Å². The minimum Gasteiger partial charge on any atom is -0.493 e. The van der Waals surface area contributed by atoms with E-state index in [1.54, 1.807) is 26.2 Å². The maximum atomic E-state index is 12.2. The number of likely N-dealkylation sites (tertiary alicyclic amines) is 1. The molecule has 0 bridgehead atoms. The average molecular weight is 407 g/mol. The molecule has 1 aromatic rings. The zero-order chi connectivity index (χ0) is 21.4. The Bertz CT molecular complexity index is 651. The zero-order valence-electron chi connectivity index (χ0n) is 18.5. The standard InChI is InChI=1S/C21H34BNO6/c1-21(2,3)29-20(24)23-11-9-16(10-12-23)14-28-19-8-7-18(22(26-5)27-6)13-17(19)15-25-4/h7-8,13,16H,9-12,14-15H2,1-6H3. The highest BCUT2D eigenvalue weighted by atomic mass is 16.6. The van der Waals surface area contributed by atoms with Crippen molar-refractivity contribution >= 4 is 18.7 Å². The van der Waals surface area contributed by atoms with Crippen molar-refractivity contribution in [1.82, 2.24) is 4.90 Å². The molecule has 1 amide bonds. The van der Waals surface area contributed by atoms with Gasteiger partial charge in [-0.2, -0.15) is 0 Å². The molecular formula is C21H34BNO6. The molecule has 0 spiro atoms. The van der Waals surface area contributed by atoms with E-state index < -0.39 is 12.7 Å². The highest BCUT2D eigenvalue weighted by Gasteiger charge is 2.27. The Morgan fingerprint density at radius 3 is 2.34 bits per heavy atom. The van der Waals surface area contributed by atoms with Crippen LogP contribution in [0.3, 0.4) is 0 Å². The van der Waals surface area contributed by atoms with Gasteiger partial charge in [0.15, 0.2) is 0 Å². The third-order valence-corrected chi connectivity index (χ3v) is 4.83. The molecule has 162 valence electrons. The number of ether oxygens (including phenoxy) is 3. The van der Waals surface area contributed by atoms with Gasteiger partial charge in [-0.15, -0.1) is 0 Å². The normalized spacial score (nSPS) is 15.3. The monoisotopic (exact) mass is 407 g/mol. The lowest BCUT2D eigenvalue weighted by Crippen LogP contribution is -2.42. The van der Waals surface area contributed by atoms with Gasteiger partial charge in [-0.1, -0.05) is 12.1 Å². The summed E-state index contributed by atoms with van der Waals surface area (Å²) < 4.78 is 27.5. The van der Waals surface area contributed by atoms with E-state index in [0.29, 0.717) is 32.2 Å². The summed E-state index contributed by atoms with van der Waals surface area (Å²) in [4.78, 5) is 14.0. The highest BCUT2D eigenvalue weighted by molar-refractivity contribution is 6.61.